The fourth-order valence-corrected chi connectivity index (χ4v) is 1.70. The number of nitrogens with zero attached hydrogens (tertiary/aromatic N) is 3. The highest BCUT2D eigenvalue weighted by atomic mass is 16.7. The molecule has 1 saturated heterocycles. The first-order valence-corrected chi connectivity index (χ1v) is 5.91. The predicted octanol–water partition coefficient (Wildman–Crippen LogP) is 0.0987. The van der Waals surface area contributed by atoms with Crippen molar-refractivity contribution in [2.75, 3.05) is 19.8 Å². The molecule has 0 aliphatic carbocycles. The largest absolute Gasteiger partial charge is 0.349 e. The molecule has 1 fully saturated rings. The van der Waals surface area contributed by atoms with Crippen LogP contribution in [0.25, 0.3) is 0 Å². The molecule has 0 aromatic carbocycles. The topological polar surface area (TPSA) is 61.2 Å². The normalized spacial score (nSPS) is 20.6. The predicted molar refractivity (Wildman–Crippen MR) is 62.5 cm³/mol. The van der Waals surface area contributed by atoms with Gasteiger partial charge in [0.15, 0.2) is 11.6 Å². The van der Waals surface area contributed by atoms with Crippen molar-refractivity contribution in [3.05, 3.63) is 12.2 Å². The van der Waals surface area contributed by atoms with E-state index in [-0.39, 0.29) is 6.04 Å². The van der Waals surface area contributed by atoms with E-state index in [1.54, 1.807) is 11.0 Å². The second-order valence-electron chi connectivity index (χ2n) is 4.76. The highest BCUT2D eigenvalue weighted by molar-refractivity contribution is 4.83. The number of hydrogen-bond acceptors (Lipinski definition) is 5. The summed E-state index contributed by atoms with van der Waals surface area (Å²) in [6.45, 7) is 6.06. The first-order valence-electron chi connectivity index (χ1n) is 5.91. The highest BCUT2D eigenvalue weighted by Crippen LogP contribution is 2.16. The molecule has 0 spiro atoms. The van der Waals surface area contributed by atoms with Crippen LogP contribution in [0.15, 0.2) is 6.33 Å². The summed E-state index contributed by atoms with van der Waals surface area (Å²) in [6.07, 6.45) is 2.53. The molecule has 0 amide bonds. The lowest BCUT2D eigenvalue weighted by molar-refractivity contribution is -0.252. The van der Waals surface area contributed by atoms with Gasteiger partial charge in [0, 0.05) is 20.0 Å². The van der Waals surface area contributed by atoms with Crippen LogP contribution in [0.1, 0.15) is 19.7 Å². The van der Waals surface area contributed by atoms with E-state index >= 15 is 0 Å². The van der Waals surface area contributed by atoms with Gasteiger partial charge in [0.25, 0.3) is 0 Å². The maximum Gasteiger partial charge on any atom is 0.162 e. The van der Waals surface area contributed by atoms with Gasteiger partial charge in [-0.25, -0.2) is 4.98 Å². The monoisotopic (exact) mass is 240 g/mol. The van der Waals surface area contributed by atoms with E-state index < -0.39 is 5.79 Å². The van der Waals surface area contributed by atoms with Gasteiger partial charge in [0.05, 0.1) is 19.3 Å². The minimum Gasteiger partial charge on any atom is -0.349 e. The average molecular weight is 240 g/mol. The second kappa shape index (κ2) is 5.12. The molecule has 6 heteroatoms. The summed E-state index contributed by atoms with van der Waals surface area (Å²) < 4.78 is 12.8. The number of aryl methyl sites for hydroxylation is 1. The Morgan fingerprint density at radius 2 is 2.18 bits per heavy atom. The standard InChI is InChI=1S/C11H20N4O2/c1-11(2)16-6-9(7-17-11)12-5-4-10-13-8-15(3)14-10/h8-9,12H,4-7H2,1-3H3. The molecule has 6 nitrogen and oxygen atoms in total. The van der Waals surface area contributed by atoms with Crippen LogP contribution < -0.4 is 5.32 Å². The van der Waals surface area contributed by atoms with Gasteiger partial charge >= 0.3 is 0 Å². The maximum absolute atomic E-state index is 5.56. The van der Waals surface area contributed by atoms with E-state index in [9.17, 15) is 0 Å². The lowest BCUT2D eigenvalue weighted by Crippen LogP contribution is -2.48. The van der Waals surface area contributed by atoms with E-state index in [2.05, 4.69) is 15.4 Å². The summed E-state index contributed by atoms with van der Waals surface area (Å²) in [5.74, 6) is 0.416. The summed E-state index contributed by atoms with van der Waals surface area (Å²) >= 11 is 0. The highest BCUT2D eigenvalue weighted by Gasteiger charge is 2.27. The third-order valence-electron chi connectivity index (χ3n) is 2.69. The van der Waals surface area contributed by atoms with Crippen LogP contribution >= 0.6 is 0 Å². The molecule has 1 N–H and O–H groups in total. The van der Waals surface area contributed by atoms with E-state index in [4.69, 9.17) is 9.47 Å². The Hall–Kier alpha value is -0.980. The van der Waals surface area contributed by atoms with Crippen molar-refractivity contribution in [2.45, 2.75) is 32.1 Å². The van der Waals surface area contributed by atoms with Gasteiger partial charge in [-0.2, -0.15) is 5.10 Å². The van der Waals surface area contributed by atoms with Crippen molar-refractivity contribution in [1.82, 2.24) is 20.1 Å². The summed E-state index contributed by atoms with van der Waals surface area (Å²) in [5, 5.41) is 7.60. The zero-order chi connectivity index (χ0) is 12.3. The molecule has 1 aromatic rings. The fraction of sp³-hybridized carbons (Fsp3) is 0.818. The van der Waals surface area contributed by atoms with E-state index in [1.807, 2.05) is 20.9 Å². The van der Waals surface area contributed by atoms with Crippen molar-refractivity contribution < 1.29 is 9.47 Å². The average Bonchev–Trinajstić information content (AvgIpc) is 2.67. The van der Waals surface area contributed by atoms with Gasteiger partial charge < -0.3 is 14.8 Å². The lowest BCUT2D eigenvalue weighted by atomic mass is 10.2. The summed E-state index contributed by atoms with van der Waals surface area (Å²) in [5.41, 5.74) is 0. The van der Waals surface area contributed by atoms with Crippen molar-refractivity contribution >= 4 is 0 Å². The maximum atomic E-state index is 5.56. The number of nitrogens with one attached hydrogen (secondary N) is 1. The molecule has 1 aromatic heterocycles. The van der Waals surface area contributed by atoms with Crippen LogP contribution in [-0.4, -0.2) is 46.4 Å². The van der Waals surface area contributed by atoms with Crippen LogP contribution in [-0.2, 0) is 22.9 Å². The Morgan fingerprint density at radius 3 is 2.76 bits per heavy atom. The zero-order valence-electron chi connectivity index (χ0n) is 10.6. The molecule has 0 unspecified atom stereocenters. The van der Waals surface area contributed by atoms with E-state index in [0.717, 1.165) is 18.8 Å². The van der Waals surface area contributed by atoms with Gasteiger partial charge in [0.1, 0.15) is 6.33 Å². The van der Waals surface area contributed by atoms with Crippen molar-refractivity contribution in [3.8, 4) is 0 Å². The lowest BCUT2D eigenvalue weighted by Gasteiger charge is -2.35. The number of ether oxygens (including phenoxy) is 2. The molecule has 1 aliphatic rings. The van der Waals surface area contributed by atoms with Gasteiger partial charge in [-0.1, -0.05) is 0 Å². The third kappa shape index (κ3) is 3.76. The Kier molecular flexibility index (Phi) is 3.76. The molecule has 96 valence electrons. The van der Waals surface area contributed by atoms with Gasteiger partial charge in [0.2, 0.25) is 0 Å². The second-order valence-corrected chi connectivity index (χ2v) is 4.76. The Labute approximate surface area is 101 Å². The Morgan fingerprint density at radius 1 is 1.47 bits per heavy atom. The van der Waals surface area contributed by atoms with Crippen LogP contribution in [0.2, 0.25) is 0 Å². The van der Waals surface area contributed by atoms with Crippen LogP contribution in [0.3, 0.4) is 0 Å². The molecule has 1 aliphatic heterocycles. The molecular formula is C11H20N4O2. The first-order chi connectivity index (χ1) is 8.05. The number of aromatic nitrogens is 3. The molecular weight excluding hydrogens is 220 g/mol. The molecule has 0 atom stereocenters. The van der Waals surface area contributed by atoms with Crippen molar-refractivity contribution in [2.24, 2.45) is 7.05 Å². The summed E-state index contributed by atoms with van der Waals surface area (Å²) in [4.78, 5) is 4.17. The van der Waals surface area contributed by atoms with Crippen LogP contribution in [0, 0.1) is 0 Å². The number of rotatable bonds is 4. The molecule has 0 saturated carbocycles. The molecule has 0 bridgehead atoms. The molecule has 0 radical (unpaired) electrons. The smallest absolute Gasteiger partial charge is 0.162 e. The minimum absolute atomic E-state index is 0.256. The Bertz CT molecular complexity index is 354. The fourth-order valence-electron chi connectivity index (χ4n) is 1.70. The van der Waals surface area contributed by atoms with Crippen LogP contribution in [0.5, 0.6) is 0 Å². The summed E-state index contributed by atoms with van der Waals surface area (Å²) in [6, 6.07) is 0.256. The number of hydrogen-bond donors (Lipinski definition) is 1. The van der Waals surface area contributed by atoms with Crippen molar-refractivity contribution in [3.63, 3.8) is 0 Å². The van der Waals surface area contributed by atoms with Gasteiger partial charge in [-0.3, -0.25) is 4.68 Å². The first kappa shape index (κ1) is 12.5. The molecule has 2 heterocycles. The SMILES string of the molecule is Cn1cnc(CCNC2COC(C)(C)OC2)n1. The van der Waals surface area contributed by atoms with Gasteiger partial charge in [-0.15, -0.1) is 0 Å². The minimum atomic E-state index is -0.444. The Balaban J connectivity index is 1.66. The summed E-state index contributed by atoms with van der Waals surface area (Å²) in [7, 11) is 1.87. The van der Waals surface area contributed by atoms with Crippen LogP contribution in [0.4, 0.5) is 0 Å². The molecule has 2 rings (SSSR count). The third-order valence-corrected chi connectivity index (χ3v) is 2.69. The zero-order valence-corrected chi connectivity index (χ0v) is 10.6. The van der Waals surface area contributed by atoms with Crippen molar-refractivity contribution in [1.29, 1.82) is 0 Å². The van der Waals surface area contributed by atoms with Gasteiger partial charge in [-0.05, 0) is 13.8 Å². The van der Waals surface area contributed by atoms with E-state index in [0.29, 0.717) is 13.2 Å². The van der Waals surface area contributed by atoms with E-state index in [1.165, 1.54) is 0 Å². The molecule has 17 heavy (non-hydrogen) atoms. The quantitative estimate of drug-likeness (QED) is 0.808.